The highest BCUT2D eigenvalue weighted by atomic mass is 16.5. The van der Waals surface area contributed by atoms with Crippen LogP contribution in [0.2, 0.25) is 0 Å². The Bertz CT molecular complexity index is 1170. The molecule has 0 spiro atoms. The Balaban J connectivity index is 2.33. The molecule has 0 aliphatic carbocycles. The van der Waals surface area contributed by atoms with Gasteiger partial charge in [-0.1, -0.05) is 24.3 Å². The number of benzene rings is 3. The first kappa shape index (κ1) is 28.3. The number of ether oxygens (including phenoxy) is 2. The van der Waals surface area contributed by atoms with Gasteiger partial charge in [0.25, 0.3) is 0 Å². The fraction of sp³-hybridized carbons (Fsp3) is 0.500. The van der Waals surface area contributed by atoms with Crippen molar-refractivity contribution in [2.75, 3.05) is 14.2 Å². The number of aliphatic hydroxyl groups is 2. The first-order chi connectivity index (χ1) is 16.6. The molecule has 6 nitrogen and oxygen atoms in total. The molecule has 0 saturated heterocycles. The molecule has 0 bridgehead atoms. The smallest absolute Gasteiger partial charge is 0.310 e. The SMILES string of the molecule is COc1cccc2c(BOC(C)(C)C(C)(C)O)c3cccc(OC)c3c(BOC(C)(C)C(C)(C)O)c12. The second-order valence-electron chi connectivity index (χ2n) is 11.4. The molecule has 3 aromatic rings. The Kier molecular flexibility index (Phi) is 7.79. The normalized spacial score (nSPS) is 13.2. The minimum Gasteiger partial charge on any atom is -0.496 e. The molecule has 0 aromatic heterocycles. The molecule has 0 atom stereocenters. The first-order valence-corrected chi connectivity index (χ1v) is 12.4. The van der Waals surface area contributed by atoms with Gasteiger partial charge in [-0.2, -0.15) is 0 Å². The summed E-state index contributed by atoms with van der Waals surface area (Å²) in [6.45, 7) is 14.5. The van der Waals surface area contributed by atoms with Crippen LogP contribution in [-0.4, -0.2) is 61.8 Å². The van der Waals surface area contributed by atoms with Gasteiger partial charge in [0, 0.05) is 10.8 Å². The van der Waals surface area contributed by atoms with Crippen molar-refractivity contribution < 1.29 is 29.0 Å². The zero-order valence-electron chi connectivity index (χ0n) is 23.4. The third-order valence-electron chi connectivity index (χ3n) is 7.85. The van der Waals surface area contributed by atoms with E-state index in [1.54, 1.807) is 41.9 Å². The van der Waals surface area contributed by atoms with Crippen molar-refractivity contribution in [3.05, 3.63) is 36.4 Å². The van der Waals surface area contributed by atoms with Gasteiger partial charge >= 0.3 is 15.0 Å². The van der Waals surface area contributed by atoms with Crippen molar-refractivity contribution in [2.24, 2.45) is 0 Å². The minimum atomic E-state index is -1.05. The maximum atomic E-state index is 10.7. The molecular weight excluding hydrogens is 454 g/mol. The van der Waals surface area contributed by atoms with Crippen LogP contribution in [0.3, 0.4) is 0 Å². The maximum Gasteiger partial charge on any atom is 0.310 e. The Morgan fingerprint density at radius 3 is 1.28 bits per heavy atom. The van der Waals surface area contributed by atoms with E-state index in [4.69, 9.17) is 18.8 Å². The van der Waals surface area contributed by atoms with Crippen molar-refractivity contribution in [1.82, 2.24) is 0 Å². The summed E-state index contributed by atoms with van der Waals surface area (Å²) in [6, 6.07) is 11.9. The van der Waals surface area contributed by atoms with Gasteiger partial charge < -0.3 is 29.0 Å². The van der Waals surface area contributed by atoms with Crippen LogP contribution in [0.4, 0.5) is 0 Å². The van der Waals surface area contributed by atoms with Crippen LogP contribution in [0, 0.1) is 0 Å². The van der Waals surface area contributed by atoms with Crippen LogP contribution in [-0.2, 0) is 9.31 Å². The largest absolute Gasteiger partial charge is 0.496 e. The van der Waals surface area contributed by atoms with Crippen molar-refractivity contribution in [3.63, 3.8) is 0 Å². The molecule has 0 heterocycles. The summed E-state index contributed by atoms with van der Waals surface area (Å²) >= 11 is 0. The van der Waals surface area contributed by atoms with E-state index in [2.05, 4.69) is 12.1 Å². The summed E-state index contributed by atoms with van der Waals surface area (Å²) in [5.41, 5.74) is -1.80. The van der Waals surface area contributed by atoms with E-state index < -0.39 is 22.4 Å². The van der Waals surface area contributed by atoms with E-state index in [1.165, 1.54) is 0 Å². The Labute approximate surface area is 216 Å². The highest BCUT2D eigenvalue weighted by Crippen LogP contribution is 2.33. The number of rotatable bonds is 10. The second-order valence-corrected chi connectivity index (χ2v) is 11.4. The topological polar surface area (TPSA) is 77.4 Å². The molecule has 2 N–H and O–H groups in total. The lowest BCUT2D eigenvalue weighted by atomic mass is 9.70. The molecular formula is C28H40B2O6. The molecule has 0 radical (unpaired) electrons. The lowest BCUT2D eigenvalue weighted by molar-refractivity contribution is -0.0893. The molecule has 3 aromatic carbocycles. The lowest BCUT2D eigenvalue weighted by Gasteiger charge is -2.38. The molecule has 0 saturated carbocycles. The predicted molar refractivity (Wildman–Crippen MR) is 151 cm³/mol. The second kappa shape index (κ2) is 9.90. The highest BCUT2D eigenvalue weighted by molar-refractivity contribution is 6.63. The maximum absolute atomic E-state index is 10.7. The molecule has 194 valence electrons. The zero-order valence-corrected chi connectivity index (χ0v) is 23.4. The fourth-order valence-corrected chi connectivity index (χ4v) is 3.96. The van der Waals surface area contributed by atoms with Gasteiger partial charge in [0.1, 0.15) is 11.5 Å². The van der Waals surface area contributed by atoms with Gasteiger partial charge in [-0.05, 0) is 89.2 Å². The molecule has 3 rings (SSSR count). The van der Waals surface area contributed by atoms with Crippen molar-refractivity contribution in [2.45, 2.75) is 77.8 Å². The number of hydrogen-bond acceptors (Lipinski definition) is 6. The Hall–Kier alpha value is -2.25. The van der Waals surface area contributed by atoms with Gasteiger partial charge in [-0.25, -0.2) is 0 Å². The van der Waals surface area contributed by atoms with Crippen LogP contribution in [0.1, 0.15) is 55.4 Å². The molecule has 8 heteroatoms. The van der Waals surface area contributed by atoms with Gasteiger partial charge in [-0.3, -0.25) is 0 Å². The lowest BCUT2D eigenvalue weighted by Crippen LogP contribution is -2.50. The van der Waals surface area contributed by atoms with Gasteiger partial charge in [-0.15, -0.1) is 0 Å². The third kappa shape index (κ3) is 5.23. The molecule has 0 fully saturated rings. The van der Waals surface area contributed by atoms with Gasteiger partial charge in [0.15, 0.2) is 0 Å². The monoisotopic (exact) mass is 494 g/mol. The molecule has 0 aliphatic heterocycles. The van der Waals surface area contributed by atoms with E-state index in [1.807, 2.05) is 52.0 Å². The molecule has 36 heavy (non-hydrogen) atoms. The summed E-state index contributed by atoms with van der Waals surface area (Å²) in [7, 11) is 3.82. The number of hydrogen-bond donors (Lipinski definition) is 2. The quantitative estimate of drug-likeness (QED) is 0.334. The van der Waals surface area contributed by atoms with E-state index in [-0.39, 0.29) is 15.0 Å². The molecule has 0 aliphatic rings. The van der Waals surface area contributed by atoms with Crippen molar-refractivity contribution >= 4 is 47.4 Å². The zero-order chi connectivity index (χ0) is 27.1. The fourth-order valence-electron chi connectivity index (χ4n) is 3.96. The number of methoxy groups -OCH3 is 2. The van der Waals surface area contributed by atoms with Crippen LogP contribution >= 0.6 is 0 Å². The van der Waals surface area contributed by atoms with Crippen molar-refractivity contribution in [3.8, 4) is 11.5 Å². The summed E-state index contributed by atoms with van der Waals surface area (Å²) in [5.74, 6) is 1.42. The average Bonchev–Trinajstić information content (AvgIpc) is 2.78. The summed E-state index contributed by atoms with van der Waals surface area (Å²) in [6.07, 6.45) is 0. The minimum absolute atomic E-state index is 0.237. The standard InChI is InChI=1S/C28H40B2O6/c1-25(2,31)27(5,6)35-29-23-17-13-11-15-19(33-9)21(17)24(30-36-28(7,8)26(3,4)32)22-18(23)14-12-16-20(22)34-10/h11-16,29-32H,1-10H3. The Morgan fingerprint density at radius 1 is 0.583 bits per heavy atom. The third-order valence-corrected chi connectivity index (χ3v) is 7.85. The summed E-state index contributed by atoms with van der Waals surface area (Å²) in [4.78, 5) is 0. The van der Waals surface area contributed by atoms with Crippen molar-refractivity contribution in [1.29, 1.82) is 0 Å². The van der Waals surface area contributed by atoms with Crippen LogP contribution in [0.15, 0.2) is 36.4 Å². The van der Waals surface area contributed by atoms with E-state index >= 15 is 0 Å². The van der Waals surface area contributed by atoms with Crippen LogP contribution in [0.25, 0.3) is 21.5 Å². The molecule has 0 unspecified atom stereocenters. The number of fused-ring (bicyclic) bond motifs is 2. The summed E-state index contributed by atoms with van der Waals surface area (Å²) < 4.78 is 24.4. The summed E-state index contributed by atoms with van der Waals surface area (Å²) in [5, 5.41) is 25.1. The van der Waals surface area contributed by atoms with Crippen LogP contribution in [0.5, 0.6) is 11.5 Å². The average molecular weight is 494 g/mol. The first-order valence-electron chi connectivity index (χ1n) is 12.4. The van der Waals surface area contributed by atoms with Crippen LogP contribution < -0.4 is 20.4 Å². The predicted octanol–water partition coefficient (Wildman–Crippen LogP) is 3.10. The van der Waals surface area contributed by atoms with E-state index in [0.717, 1.165) is 32.5 Å². The Morgan fingerprint density at radius 2 is 0.944 bits per heavy atom. The highest BCUT2D eigenvalue weighted by Gasteiger charge is 2.38. The van der Waals surface area contributed by atoms with E-state index in [9.17, 15) is 10.2 Å². The van der Waals surface area contributed by atoms with Gasteiger partial charge in [0.2, 0.25) is 0 Å². The molecule has 0 amide bonds. The van der Waals surface area contributed by atoms with Gasteiger partial charge in [0.05, 0.1) is 36.6 Å². The van der Waals surface area contributed by atoms with E-state index in [0.29, 0.717) is 11.5 Å².